The standard InChI is InChI=1S/C17H20F3N5O2.ClH/c18-17(19,20)14(24-7-5-21-6-8-24)10-22-15(26)11-25-16(27)13-4-2-1-3-12(13)9-23-25;/h1-4,9,14,21H,5-8,10-11H2,(H,22,26);1H. The molecule has 1 aromatic heterocycles. The first-order valence-corrected chi connectivity index (χ1v) is 8.59. The first kappa shape index (κ1) is 22.1. The third kappa shape index (κ3) is 5.21. The molecule has 1 amide bonds. The fourth-order valence-corrected chi connectivity index (χ4v) is 3.09. The number of rotatable bonds is 5. The van der Waals surface area contributed by atoms with Crippen molar-refractivity contribution in [3.05, 3.63) is 40.8 Å². The normalized spacial score (nSPS) is 16.4. The number of nitrogens with zero attached hydrogens (tertiary/aromatic N) is 3. The molecule has 2 N–H and O–H groups in total. The molecule has 2 aromatic rings. The number of benzene rings is 1. The summed E-state index contributed by atoms with van der Waals surface area (Å²) in [5, 5.41) is 10.2. The molecule has 154 valence electrons. The average Bonchev–Trinajstić information content (AvgIpc) is 2.64. The average molecular weight is 420 g/mol. The topological polar surface area (TPSA) is 79.3 Å². The van der Waals surface area contributed by atoms with E-state index in [1.165, 1.54) is 11.1 Å². The Bertz CT molecular complexity index is 868. The van der Waals surface area contributed by atoms with Crippen LogP contribution in [0, 0.1) is 0 Å². The first-order chi connectivity index (χ1) is 12.9. The number of amides is 1. The van der Waals surface area contributed by atoms with Gasteiger partial charge in [-0.2, -0.15) is 18.3 Å². The minimum absolute atomic E-state index is 0. The van der Waals surface area contributed by atoms with Gasteiger partial charge >= 0.3 is 6.18 Å². The van der Waals surface area contributed by atoms with Gasteiger partial charge in [0.1, 0.15) is 12.6 Å². The van der Waals surface area contributed by atoms with Gasteiger partial charge in [-0.25, -0.2) is 4.68 Å². The number of nitrogens with one attached hydrogen (secondary N) is 2. The molecule has 1 aliphatic rings. The van der Waals surface area contributed by atoms with Gasteiger partial charge in [0.05, 0.1) is 11.6 Å². The lowest BCUT2D eigenvalue weighted by molar-refractivity contribution is -0.184. The molecule has 0 saturated carbocycles. The van der Waals surface area contributed by atoms with Crippen molar-refractivity contribution >= 4 is 29.1 Å². The van der Waals surface area contributed by atoms with Crippen LogP contribution < -0.4 is 16.2 Å². The van der Waals surface area contributed by atoms with Gasteiger partial charge in [0, 0.05) is 38.1 Å². The summed E-state index contributed by atoms with van der Waals surface area (Å²) < 4.78 is 41.0. The molecule has 1 atom stereocenters. The Hall–Kier alpha value is -2.17. The highest BCUT2D eigenvalue weighted by molar-refractivity contribution is 5.85. The van der Waals surface area contributed by atoms with Crippen molar-refractivity contribution in [3.63, 3.8) is 0 Å². The van der Waals surface area contributed by atoms with Gasteiger partial charge in [-0.15, -0.1) is 12.4 Å². The molecule has 3 rings (SSSR count). The largest absolute Gasteiger partial charge is 0.405 e. The first-order valence-electron chi connectivity index (χ1n) is 8.59. The zero-order chi connectivity index (χ0) is 19.4. The van der Waals surface area contributed by atoms with Crippen molar-refractivity contribution in [2.24, 2.45) is 0 Å². The molecule has 0 radical (unpaired) electrons. The van der Waals surface area contributed by atoms with Crippen LogP contribution in [0.3, 0.4) is 0 Å². The van der Waals surface area contributed by atoms with E-state index in [9.17, 15) is 22.8 Å². The minimum atomic E-state index is -4.46. The van der Waals surface area contributed by atoms with Crippen molar-refractivity contribution in [1.29, 1.82) is 0 Å². The van der Waals surface area contributed by atoms with Crippen molar-refractivity contribution in [3.8, 4) is 0 Å². The highest BCUT2D eigenvalue weighted by Gasteiger charge is 2.43. The molecular weight excluding hydrogens is 399 g/mol. The zero-order valence-corrected chi connectivity index (χ0v) is 15.7. The highest BCUT2D eigenvalue weighted by atomic mass is 35.5. The van der Waals surface area contributed by atoms with E-state index in [-0.39, 0.29) is 25.5 Å². The molecule has 28 heavy (non-hydrogen) atoms. The monoisotopic (exact) mass is 419 g/mol. The maximum absolute atomic E-state index is 13.3. The number of fused-ring (bicyclic) bond motifs is 1. The summed E-state index contributed by atoms with van der Waals surface area (Å²) in [5.41, 5.74) is -0.460. The second-order valence-electron chi connectivity index (χ2n) is 6.34. The van der Waals surface area contributed by atoms with E-state index in [0.29, 0.717) is 23.9 Å². The van der Waals surface area contributed by atoms with Crippen LogP contribution in [0.1, 0.15) is 0 Å². The Kier molecular flexibility index (Phi) is 7.39. The molecule has 1 fully saturated rings. The second kappa shape index (κ2) is 9.35. The van der Waals surface area contributed by atoms with Crippen LogP contribution in [0.25, 0.3) is 10.8 Å². The zero-order valence-electron chi connectivity index (χ0n) is 14.9. The summed E-state index contributed by atoms with van der Waals surface area (Å²) in [6.45, 7) is 0.450. The summed E-state index contributed by atoms with van der Waals surface area (Å²) in [4.78, 5) is 25.7. The van der Waals surface area contributed by atoms with Crippen LogP contribution in [-0.4, -0.2) is 65.5 Å². The molecule has 7 nitrogen and oxygen atoms in total. The van der Waals surface area contributed by atoms with Crippen LogP contribution in [0.15, 0.2) is 35.3 Å². The van der Waals surface area contributed by atoms with Crippen molar-refractivity contribution in [2.75, 3.05) is 32.7 Å². The summed E-state index contributed by atoms with van der Waals surface area (Å²) in [7, 11) is 0. The number of hydrogen-bond acceptors (Lipinski definition) is 5. The SMILES string of the molecule is Cl.O=C(Cn1ncc2ccccc2c1=O)NCC(N1CCNCC1)C(F)(F)F. The Morgan fingerprint density at radius 3 is 2.61 bits per heavy atom. The smallest absolute Gasteiger partial charge is 0.353 e. The lowest BCUT2D eigenvalue weighted by Crippen LogP contribution is -2.57. The number of carbonyl (C=O) groups excluding carboxylic acids is 1. The maximum atomic E-state index is 13.3. The highest BCUT2D eigenvalue weighted by Crippen LogP contribution is 2.24. The third-order valence-electron chi connectivity index (χ3n) is 4.52. The van der Waals surface area contributed by atoms with E-state index in [2.05, 4.69) is 15.7 Å². The second-order valence-corrected chi connectivity index (χ2v) is 6.34. The van der Waals surface area contributed by atoms with Gasteiger partial charge < -0.3 is 10.6 Å². The van der Waals surface area contributed by atoms with Gasteiger partial charge in [0.2, 0.25) is 5.91 Å². The Morgan fingerprint density at radius 1 is 1.25 bits per heavy atom. The van der Waals surface area contributed by atoms with Crippen LogP contribution in [-0.2, 0) is 11.3 Å². The maximum Gasteiger partial charge on any atom is 0.405 e. The van der Waals surface area contributed by atoms with Crippen LogP contribution in [0.2, 0.25) is 0 Å². The molecule has 0 spiro atoms. The number of hydrogen-bond donors (Lipinski definition) is 2. The molecule has 2 heterocycles. The van der Waals surface area contributed by atoms with Crippen molar-refractivity contribution in [1.82, 2.24) is 25.3 Å². The van der Waals surface area contributed by atoms with E-state index in [4.69, 9.17) is 0 Å². The van der Waals surface area contributed by atoms with Crippen LogP contribution in [0.5, 0.6) is 0 Å². The van der Waals surface area contributed by atoms with Crippen molar-refractivity contribution in [2.45, 2.75) is 18.8 Å². The lowest BCUT2D eigenvalue weighted by Gasteiger charge is -2.35. The Labute approximate surface area is 165 Å². The number of piperazine rings is 1. The number of halogens is 4. The fraction of sp³-hybridized carbons (Fsp3) is 0.471. The Balaban J connectivity index is 0.00000280. The predicted molar refractivity (Wildman–Crippen MR) is 101 cm³/mol. The molecule has 0 aliphatic carbocycles. The molecule has 1 aliphatic heterocycles. The quantitative estimate of drug-likeness (QED) is 0.748. The van der Waals surface area contributed by atoms with Gasteiger partial charge in [-0.3, -0.25) is 14.5 Å². The van der Waals surface area contributed by atoms with Crippen LogP contribution >= 0.6 is 12.4 Å². The molecular formula is C17H21ClF3N5O2. The van der Waals surface area contributed by atoms with E-state index >= 15 is 0 Å². The number of carbonyl (C=O) groups is 1. The summed E-state index contributed by atoms with van der Waals surface area (Å²) in [6, 6.07) is 5.02. The van der Waals surface area contributed by atoms with Gasteiger partial charge in [-0.1, -0.05) is 18.2 Å². The summed E-state index contributed by atoms with van der Waals surface area (Å²) in [5.74, 6) is -0.690. The molecule has 1 unspecified atom stereocenters. The summed E-state index contributed by atoms with van der Waals surface area (Å²) >= 11 is 0. The molecule has 0 bridgehead atoms. The van der Waals surface area contributed by atoms with Crippen LogP contribution in [0.4, 0.5) is 13.2 Å². The van der Waals surface area contributed by atoms with E-state index in [1.54, 1.807) is 24.3 Å². The lowest BCUT2D eigenvalue weighted by atomic mass is 10.2. The van der Waals surface area contributed by atoms with Crippen molar-refractivity contribution < 1.29 is 18.0 Å². The Morgan fingerprint density at radius 2 is 1.93 bits per heavy atom. The third-order valence-corrected chi connectivity index (χ3v) is 4.52. The van der Waals surface area contributed by atoms with E-state index in [0.717, 1.165) is 4.68 Å². The molecule has 1 aromatic carbocycles. The van der Waals surface area contributed by atoms with Gasteiger partial charge in [-0.05, 0) is 6.07 Å². The minimum Gasteiger partial charge on any atom is -0.353 e. The summed E-state index contributed by atoms with van der Waals surface area (Å²) in [6.07, 6.45) is -3.01. The fourth-order valence-electron chi connectivity index (χ4n) is 3.09. The van der Waals surface area contributed by atoms with E-state index < -0.39 is 36.8 Å². The van der Waals surface area contributed by atoms with Gasteiger partial charge in [0.25, 0.3) is 5.56 Å². The van der Waals surface area contributed by atoms with Gasteiger partial charge in [0.15, 0.2) is 0 Å². The molecule has 11 heteroatoms. The molecule has 1 saturated heterocycles. The van der Waals surface area contributed by atoms with E-state index in [1.807, 2.05) is 0 Å². The number of alkyl halides is 3. The predicted octanol–water partition coefficient (Wildman–Crippen LogP) is 0.771. The number of aromatic nitrogens is 2.